The van der Waals surface area contributed by atoms with Gasteiger partial charge in [-0.15, -0.1) is 0 Å². The predicted molar refractivity (Wildman–Crippen MR) is 204 cm³/mol. The first-order chi connectivity index (χ1) is 25.6. The zero-order valence-electron chi connectivity index (χ0n) is 31.7. The van der Waals surface area contributed by atoms with E-state index in [0.717, 1.165) is 40.6 Å². The maximum atomic E-state index is 14.5. The molecule has 0 aliphatic carbocycles. The number of fused-ring (bicyclic) bond motifs is 2. The molecule has 0 spiro atoms. The number of carbonyl (C=O) groups is 5. The zero-order valence-corrected chi connectivity index (χ0v) is 31.7. The van der Waals surface area contributed by atoms with Crippen LogP contribution < -0.4 is 25.4 Å². The van der Waals surface area contributed by atoms with Crippen molar-refractivity contribution in [2.45, 2.75) is 116 Å². The molecule has 4 N–H and O–H groups in total. The summed E-state index contributed by atoms with van der Waals surface area (Å²) in [5.74, 6) is -0.456. The molecule has 5 atom stereocenters. The number of hydrogen-bond donors (Lipinski definition) is 4. The lowest BCUT2D eigenvalue weighted by atomic mass is 9.92. The average molecular weight is 730 g/mol. The van der Waals surface area contributed by atoms with Crippen LogP contribution in [0.3, 0.4) is 0 Å². The average Bonchev–Trinajstić information content (AvgIpc) is 3.55. The lowest BCUT2D eigenvalue weighted by molar-refractivity contribution is -0.147. The Morgan fingerprint density at radius 2 is 1.57 bits per heavy atom. The van der Waals surface area contributed by atoms with Crippen molar-refractivity contribution in [1.82, 2.24) is 25.8 Å². The highest BCUT2D eigenvalue weighted by Crippen LogP contribution is 2.36. The van der Waals surface area contributed by atoms with Crippen LogP contribution in [0.15, 0.2) is 42.5 Å². The number of rotatable bonds is 14. The molecule has 2 saturated heterocycles. The van der Waals surface area contributed by atoms with Crippen LogP contribution in [0, 0.1) is 5.92 Å². The van der Waals surface area contributed by atoms with Crippen LogP contribution in [0.2, 0.25) is 0 Å². The van der Waals surface area contributed by atoms with E-state index in [-0.39, 0.29) is 29.9 Å². The van der Waals surface area contributed by atoms with Gasteiger partial charge >= 0.3 is 0 Å². The van der Waals surface area contributed by atoms with Crippen LogP contribution in [-0.2, 0) is 30.4 Å². The van der Waals surface area contributed by atoms with Crippen molar-refractivity contribution in [2.24, 2.45) is 5.92 Å². The fourth-order valence-electron chi connectivity index (χ4n) is 7.44. The van der Waals surface area contributed by atoms with E-state index in [1.54, 1.807) is 25.2 Å². The number of methoxy groups -OCH3 is 2. The van der Waals surface area contributed by atoms with Crippen LogP contribution in [0.25, 0.3) is 22.2 Å². The number of hydrogen-bond acceptors (Lipinski definition) is 7. The summed E-state index contributed by atoms with van der Waals surface area (Å²) < 4.78 is 11.1. The third-order valence-corrected chi connectivity index (χ3v) is 10.8. The van der Waals surface area contributed by atoms with Gasteiger partial charge in [0.2, 0.25) is 23.6 Å². The largest absolute Gasteiger partial charge is 0.497 e. The molecule has 5 rings (SSSR count). The fourth-order valence-corrected chi connectivity index (χ4v) is 7.44. The van der Waals surface area contributed by atoms with Crippen molar-refractivity contribution >= 4 is 40.3 Å². The summed E-state index contributed by atoms with van der Waals surface area (Å²) in [5, 5.41) is 9.90. The highest BCUT2D eigenvalue weighted by molar-refractivity contribution is 5.99. The van der Waals surface area contributed by atoms with Crippen molar-refractivity contribution in [3.05, 3.63) is 48.0 Å². The summed E-state index contributed by atoms with van der Waals surface area (Å²) >= 11 is 0. The van der Waals surface area contributed by atoms with Gasteiger partial charge in [0.15, 0.2) is 0 Å². The zero-order chi connectivity index (χ0) is 38.1. The predicted octanol–water partition coefficient (Wildman–Crippen LogP) is 5.22. The third-order valence-electron chi connectivity index (χ3n) is 10.8. The number of H-pyrrole nitrogens is 1. The van der Waals surface area contributed by atoms with Crippen molar-refractivity contribution in [2.75, 3.05) is 20.8 Å². The van der Waals surface area contributed by atoms with Crippen LogP contribution in [-0.4, -0.2) is 84.2 Å². The molecule has 1 unspecified atom stereocenters. The molecule has 53 heavy (non-hydrogen) atoms. The Morgan fingerprint density at radius 3 is 2.26 bits per heavy atom. The molecule has 2 aromatic carbocycles. The standard InChI is InChI=1S/C41H55N5O7/c1-6-25(3)36-41(51)46-20-14-13-19-35(46)40(50)43-33(18-10-8-9-15-27(47)7-2)38(48)44-34(39(49)45-36)24-31-30-16-11-12-17-32(30)42-37(31)26-21-28(52-4)23-29(22-26)53-5/h11-12,16-17,21-23,25,33-36,42H,6-10,13-15,18-20,24H2,1-5H3,(H,43,50)(H,44,48)(H,45,49)/t25-,33+,34+,35-,36?/m1/s1. The molecule has 12 nitrogen and oxygen atoms in total. The molecule has 1 aromatic heterocycles. The highest BCUT2D eigenvalue weighted by atomic mass is 16.5. The Hall–Kier alpha value is -4.87. The number of Topliss-reactive ketones (excluding diaryl/α,β-unsaturated/α-hetero) is 1. The number of piperidine rings is 1. The Balaban J connectivity index is 1.55. The highest BCUT2D eigenvalue weighted by Gasteiger charge is 2.41. The van der Waals surface area contributed by atoms with Crippen molar-refractivity contribution in [1.29, 1.82) is 0 Å². The Kier molecular flexibility index (Phi) is 13.5. The molecule has 2 aliphatic heterocycles. The molecule has 286 valence electrons. The number of para-hydroxylation sites is 1. The van der Waals surface area contributed by atoms with E-state index in [0.29, 0.717) is 69.4 Å². The lowest BCUT2D eigenvalue weighted by Crippen LogP contribution is -2.64. The fraction of sp³-hybridized carbons (Fsp3) is 0.537. The quantitative estimate of drug-likeness (QED) is 0.166. The number of unbranched alkanes of at least 4 members (excludes halogenated alkanes) is 2. The molecule has 0 saturated carbocycles. The number of ketones is 1. The van der Waals surface area contributed by atoms with Gasteiger partial charge in [-0.2, -0.15) is 0 Å². The first kappa shape index (κ1) is 39.3. The van der Waals surface area contributed by atoms with Gasteiger partial charge in [-0.25, -0.2) is 0 Å². The lowest BCUT2D eigenvalue weighted by Gasteiger charge is -2.39. The molecule has 2 fully saturated rings. The molecule has 2 aliphatic rings. The number of ether oxygens (including phenoxy) is 2. The van der Waals surface area contributed by atoms with E-state index in [1.807, 2.05) is 57.2 Å². The topological polar surface area (TPSA) is 159 Å². The molecule has 3 heterocycles. The molecule has 0 bridgehead atoms. The summed E-state index contributed by atoms with van der Waals surface area (Å²) in [6, 6.07) is 9.64. The minimum atomic E-state index is -1.09. The smallest absolute Gasteiger partial charge is 0.246 e. The maximum Gasteiger partial charge on any atom is 0.246 e. The van der Waals surface area contributed by atoms with Crippen molar-refractivity contribution in [3.63, 3.8) is 0 Å². The maximum absolute atomic E-state index is 14.5. The van der Waals surface area contributed by atoms with E-state index in [4.69, 9.17) is 9.47 Å². The van der Waals surface area contributed by atoms with Crippen LogP contribution in [0.4, 0.5) is 0 Å². The van der Waals surface area contributed by atoms with Crippen molar-refractivity contribution < 1.29 is 33.4 Å². The summed E-state index contributed by atoms with van der Waals surface area (Å²) in [6.45, 7) is 6.12. The van der Waals surface area contributed by atoms with E-state index in [9.17, 15) is 24.0 Å². The molecular weight excluding hydrogens is 674 g/mol. The van der Waals surface area contributed by atoms with E-state index in [1.165, 1.54) is 0 Å². The molecular formula is C41H55N5O7. The normalized spacial score (nSPS) is 21.8. The van der Waals surface area contributed by atoms with Gasteiger partial charge in [0.25, 0.3) is 0 Å². The summed E-state index contributed by atoms with van der Waals surface area (Å²) in [4.78, 5) is 74.0. The van der Waals surface area contributed by atoms with Crippen molar-refractivity contribution in [3.8, 4) is 22.8 Å². The first-order valence-corrected chi connectivity index (χ1v) is 19.1. The summed E-state index contributed by atoms with van der Waals surface area (Å²) in [7, 11) is 3.16. The Morgan fingerprint density at radius 1 is 0.868 bits per heavy atom. The minimum absolute atomic E-state index is 0.0873. The summed E-state index contributed by atoms with van der Waals surface area (Å²) in [6.07, 6.45) is 6.00. The van der Waals surface area contributed by atoms with Gasteiger partial charge in [-0.1, -0.05) is 58.2 Å². The first-order valence-electron chi connectivity index (χ1n) is 19.1. The van der Waals surface area contributed by atoms with Gasteiger partial charge in [0, 0.05) is 48.3 Å². The monoisotopic (exact) mass is 729 g/mol. The molecule has 12 heteroatoms. The van der Waals surface area contributed by atoms with E-state index < -0.39 is 36.0 Å². The second-order valence-electron chi connectivity index (χ2n) is 14.4. The Bertz CT molecular complexity index is 1760. The van der Waals surface area contributed by atoms with E-state index in [2.05, 4.69) is 20.9 Å². The minimum Gasteiger partial charge on any atom is -0.497 e. The van der Waals surface area contributed by atoms with Gasteiger partial charge in [0.1, 0.15) is 41.4 Å². The van der Waals surface area contributed by atoms with Crippen LogP contribution in [0.5, 0.6) is 11.5 Å². The Labute approximate surface area is 312 Å². The number of nitrogens with one attached hydrogen (secondary N) is 4. The van der Waals surface area contributed by atoms with Crippen LogP contribution >= 0.6 is 0 Å². The SMILES string of the molecule is CCC(=O)CCCCC[C@@H]1NC(=O)[C@H]2CCCCN2C(=O)C([C@H](C)CC)NC(=O)[C@H](Cc2c(-c3cc(OC)cc(OC)c3)[nH]c3ccccc23)NC1=O. The third kappa shape index (κ3) is 9.39. The summed E-state index contributed by atoms with van der Waals surface area (Å²) in [5.41, 5.74) is 3.12. The van der Waals surface area contributed by atoms with Gasteiger partial charge in [-0.3, -0.25) is 24.0 Å². The second-order valence-corrected chi connectivity index (χ2v) is 14.4. The second kappa shape index (κ2) is 18.3. The number of aromatic amines is 1. The number of carbonyl (C=O) groups excluding carboxylic acids is 5. The number of amides is 4. The molecule has 0 radical (unpaired) electrons. The van der Waals surface area contributed by atoms with Gasteiger partial charge < -0.3 is 35.3 Å². The number of aromatic nitrogens is 1. The molecule has 3 aromatic rings. The van der Waals surface area contributed by atoms with Crippen LogP contribution in [0.1, 0.15) is 90.5 Å². The van der Waals surface area contributed by atoms with E-state index >= 15 is 0 Å². The molecule has 4 amide bonds. The van der Waals surface area contributed by atoms with Gasteiger partial charge in [-0.05, 0) is 61.8 Å². The number of benzene rings is 2. The number of nitrogens with zero attached hydrogens (tertiary/aromatic N) is 1. The van der Waals surface area contributed by atoms with Gasteiger partial charge in [0.05, 0.1) is 19.9 Å².